The Morgan fingerprint density at radius 2 is 1.76 bits per heavy atom. The van der Waals surface area contributed by atoms with Gasteiger partial charge in [-0.05, 0) is 42.2 Å². The molecule has 21 heavy (non-hydrogen) atoms. The van der Waals surface area contributed by atoms with Gasteiger partial charge >= 0.3 is 0 Å². The van der Waals surface area contributed by atoms with E-state index in [2.05, 4.69) is 43.7 Å². The van der Waals surface area contributed by atoms with Crippen LogP contribution in [0.1, 0.15) is 29.0 Å². The third-order valence-corrected chi connectivity index (χ3v) is 3.63. The molecule has 2 aromatic carbocycles. The van der Waals surface area contributed by atoms with E-state index in [4.69, 9.17) is 11.2 Å². The van der Waals surface area contributed by atoms with Crippen molar-refractivity contribution in [2.45, 2.75) is 19.3 Å². The Hall–Kier alpha value is -2.46. The third-order valence-electron chi connectivity index (χ3n) is 3.63. The minimum atomic E-state index is 0.0321. The van der Waals surface area contributed by atoms with Crippen molar-refractivity contribution in [2.75, 3.05) is 7.11 Å². The molecule has 0 bridgehead atoms. The Balaban J connectivity index is 2.13. The van der Waals surface area contributed by atoms with Crippen LogP contribution in [0.25, 0.3) is 5.57 Å². The van der Waals surface area contributed by atoms with E-state index in [1.165, 1.54) is 5.56 Å². The van der Waals surface area contributed by atoms with Crippen LogP contribution >= 0.6 is 0 Å². The van der Waals surface area contributed by atoms with Crippen LogP contribution in [0.4, 0.5) is 0 Å². The van der Waals surface area contributed by atoms with Crippen LogP contribution in [0.3, 0.4) is 0 Å². The summed E-state index contributed by atoms with van der Waals surface area (Å²) in [6.07, 6.45) is 6.46. The SMILES string of the molecule is C#CC(CC(=C)c1ccc(C)cc1)c1ccc(OC)cc1. The van der Waals surface area contributed by atoms with Gasteiger partial charge in [0.1, 0.15) is 5.75 Å². The molecule has 0 aromatic heterocycles. The molecule has 0 heterocycles. The molecule has 2 aromatic rings. The van der Waals surface area contributed by atoms with Crippen molar-refractivity contribution in [3.63, 3.8) is 0 Å². The summed E-state index contributed by atoms with van der Waals surface area (Å²) in [5.74, 6) is 3.74. The van der Waals surface area contributed by atoms with Crippen molar-refractivity contribution in [1.29, 1.82) is 0 Å². The highest BCUT2D eigenvalue weighted by atomic mass is 16.5. The standard InChI is InChI=1S/C20H20O/c1-5-17(19-10-12-20(21-4)13-11-19)14-16(3)18-8-6-15(2)7-9-18/h1,6-13,17H,3,14H2,2,4H3. The molecule has 106 valence electrons. The minimum Gasteiger partial charge on any atom is -0.497 e. The zero-order valence-electron chi connectivity index (χ0n) is 12.6. The Labute approximate surface area is 127 Å². The van der Waals surface area contributed by atoms with E-state index in [-0.39, 0.29) is 5.92 Å². The van der Waals surface area contributed by atoms with E-state index in [1.54, 1.807) is 7.11 Å². The Bertz CT molecular complexity index is 642. The van der Waals surface area contributed by atoms with Gasteiger partial charge in [0.05, 0.1) is 7.11 Å². The van der Waals surface area contributed by atoms with Crippen molar-refractivity contribution < 1.29 is 4.74 Å². The molecular formula is C20H20O. The molecule has 1 atom stereocenters. The van der Waals surface area contributed by atoms with Crippen LogP contribution in [-0.4, -0.2) is 7.11 Å². The predicted octanol–water partition coefficient (Wildman–Crippen LogP) is 4.82. The monoisotopic (exact) mass is 276 g/mol. The number of terminal acetylenes is 1. The highest BCUT2D eigenvalue weighted by Gasteiger charge is 2.11. The number of aryl methyl sites for hydroxylation is 1. The summed E-state index contributed by atoms with van der Waals surface area (Å²) in [5, 5.41) is 0. The van der Waals surface area contributed by atoms with E-state index < -0.39 is 0 Å². The highest BCUT2D eigenvalue weighted by molar-refractivity contribution is 5.65. The molecule has 0 amide bonds. The maximum absolute atomic E-state index is 5.70. The lowest BCUT2D eigenvalue weighted by molar-refractivity contribution is 0.414. The van der Waals surface area contributed by atoms with Crippen molar-refractivity contribution in [1.82, 2.24) is 0 Å². The molecule has 0 aliphatic carbocycles. The number of allylic oxidation sites excluding steroid dienone is 1. The largest absolute Gasteiger partial charge is 0.497 e. The van der Waals surface area contributed by atoms with Gasteiger partial charge in [0.15, 0.2) is 0 Å². The summed E-state index contributed by atoms with van der Waals surface area (Å²) >= 11 is 0. The van der Waals surface area contributed by atoms with Gasteiger partial charge in [-0.3, -0.25) is 0 Å². The summed E-state index contributed by atoms with van der Waals surface area (Å²) in [6.45, 7) is 6.26. The first kappa shape index (κ1) is 14.9. The summed E-state index contributed by atoms with van der Waals surface area (Å²) in [5.41, 5.74) is 4.57. The van der Waals surface area contributed by atoms with Crippen LogP contribution in [0.5, 0.6) is 5.75 Å². The van der Waals surface area contributed by atoms with Crippen LogP contribution in [0.2, 0.25) is 0 Å². The van der Waals surface area contributed by atoms with Gasteiger partial charge in [0.25, 0.3) is 0 Å². The number of ether oxygens (including phenoxy) is 1. The third kappa shape index (κ3) is 3.77. The second kappa shape index (κ2) is 6.81. The minimum absolute atomic E-state index is 0.0321. The first-order chi connectivity index (χ1) is 10.1. The molecule has 2 rings (SSSR count). The topological polar surface area (TPSA) is 9.23 Å². The lowest BCUT2D eigenvalue weighted by Crippen LogP contribution is -1.98. The summed E-state index contributed by atoms with van der Waals surface area (Å²) < 4.78 is 5.17. The molecule has 0 spiro atoms. The summed E-state index contributed by atoms with van der Waals surface area (Å²) in [7, 11) is 1.66. The zero-order valence-corrected chi connectivity index (χ0v) is 12.6. The number of methoxy groups -OCH3 is 1. The van der Waals surface area contributed by atoms with Gasteiger partial charge in [-0.25, -0.2) is 0 Å². The number of rotatable bonds is 5. The Morgan fingerprint density at radius 1 is 1.14 bits per heavy atom. The van der Waals surface area contributed by atoms with Crippen LogP contribution in [-0.2, 0) is 0 Å². The first-order valence-corrected chi connectivity index (χ1v) is 6.99. The second-order valence-electron chi connectivity index (χ2n) is 5.17. The molecule has 1 unspecified atom stereocenters. The fourth-order valence-electron chi connectivity index (χ4n) is 2.26. The van der Waals surface area contributed by atoms with Gasteiger partial charge in [0.2, 0.25) is 0 Å². The smallest absolute Gasteiger partial charge is 0.118 e. The second-order valence-corrected chi connectivity index (χ2v) is 5.17. The quantitative estimate of drug-likeness (QED) is 0.711. The van der Waals surface area contributed by atoms with E-state index in [9.17, 15) is 0 Å². The molecule has 0 fully saturated rings. The summed E-state index contributed by atoms with van der Waals surface area (Å²) in [4.78, 5) is 0. The van der Waals surface area contributed by atoms with Gasteiger partial charge in [-0.15, -0.1) is 6.42 Å². The highest BCUT2D eigenvalue weighted by Crippen LogP contribution is 2.28. The number of benzene rings is 2. The Morgan fingerprint density at radius 3 is 2.29 bits per heavy atom. The van der Waals surface area contributed by atoms with E-state index >= 15 is 0 Å². The van der Waals surface area contributed by atoms with Crippen LogP contribution < -0.4 is 4.74 Å². The average molecular weight is 276 g/mol. The Kier molecular flexibility index (Phi) is 4.85. The number of hydrogen-bond donors (Lipinski definition) is 0. The molecule has 0 aliphatic rings. The van der Waals surface area contributed by atoms with Crippen LogP contribution in [0, 0.1) is 19.3 Å². The lowest BCUT2D eigenvalue weighted by Gasteiger charge is -2.14. The molecule has 1 nitrogen and oxygen atoms in total. The molecule has 0 aliphatic heterocycles. The van der Waals surface area contributed by atoms with Crippen LogP contribution in [0.15, 0.2) is 55.1 Å². The predicted molar refractivity (Wildman–Crippen MR) is 89.4 cm³/mol. The fourth-order valence-corrected chi connectivity index (χ4v) is 2.26. The zero-order chi connectivity index (χ0) is 15.2. The molecule has 1 heteroatoms. The van der Waals surface area contributed by atoms with Gasteiger partial charge < -0.3 is 4.74 Å². The van der Waals surface area contributed by atoms with E-state index in [1.807, 2.05) is 24.3 Å². The molecule has 0 saturated heterocycles. The maximum atomic E-state index is 5.70. The van der Waals surface area contributed by atoms with Gasteiger partial charge in [0, 0.05) is 5.92 Å². The maximum Gasteiger partial charge on any atom is 0.118 e. The van der Waals surface area contributed by atoms with Crippen molar-refractivity contribution in [3.8, 4) is 18.1 Å². The summed E-state index contributed by atoms with van der Waals surface area (Å²) in [6, 6.07) is 16.3. The van der Waals surface area contributed by atoms with Crippen molar-refractivity contribution >= 4 is 5.57 Å². The normalized spacial score (nSPS) is 11.5. The number of hydrogen-bond acceptors (Lipinski definition) is 1. The average Bonchev–Trinajstić information content (AvgIpc) is 2.53. The molecule has 0 saturated carbocycles. The first-order valence-electron chi connectivity index (χ1n) is 6.99. The van der Waals surface area contributed by atoms with Crippen molar-refractivity contribution in [3.05, 3.63) is 71.8 Å². The molecule has 0 N–H and O–H groups in total. The van der Waals surface area contributed by atoms with E-state index in [0.717, 1.165) is 28.9 Å². The van der Waals surface area contributed by atoms with Gasteiger partial charge in [-0.1, -0.05) is 54.5 Å². The van der Waals surface area contributed by atoms with E-state index in [0.29, 0.717) is 0 Å². The molecular weight excluding hydrogens is 256 g/mol. The molecule has 0 radical (unpaired) electrons. The fraction of sp³-hybridized carbons (Fsp3) is 0.200. The van der Waals surface area contributed by atoms with Gasteiger partial charge in [-0.2, -0.15) is 0 Å². The lowest BCUT2D eigenvalue weighted by atomic mass is 9.90. The van der Waals surface area contributed by atoms with Crippen molar-refractivity contribution in [2.24, 2.45) is 0 Å².